The third-order valence-corrected chi connectivity index (χ3v) is 6.41. The quantitative estimate of drug-likeness (QED) is 0.404. The highest BCUT2D eigenvalue weighted by molar-refractivity contribution is 7.98. The van der Waals surface area contributed by atoms with Gasteiger partial charge in [-0.25, -0.2) is 4.98 Å². The van der Waals surface area contributed by atoms with Crippen LogP contribution in [0.5, 0.6) is 0 Å². The summed E-state index contributed by atoms with van der Waals surface area (Å²) in [6, 6.07) is 13.6. The van der Waals surface area contributed by atoms with Gasteiger partial charge in [-0.2, -0.15) is 5.26 Å². The van der Waals surface area contributed by atoms with E-state index in [4.69, 9.17) is 5.26 Å². The van der Waals surface area contributed by atoms with E-state index in [0.29, 0.717) is 21.9 Å². The second kappa shape index (κ2) is 6.84. The molecule has 1 aromatic carbocycles. The van der Waals surface area contributed by atoms with E-state index in [-0.39, 0.29) is 5.56 Å². The van der Waals surface area contributed by atoms with E-state index in [1.807, 2.05) is 41.1 Å². The summed E-state index contributed by atoms with van der Waals surface area (Å²) in [4.78, 5) is 21.8. The average Bonchev–Trinajstić information content (AvgIpc) is 3.29. The normalized spacial score (nSPS) is 10.8. The number of fused-ring (bicyclic) bond motifs is 1. The van der Waals surface area contributed by atoms with Crippen molar-refractivity contribution >= 4 is 44.7 Å². The number of rotatable bonds is 4. The fourth-order valence-corrected chi connectivity index (χ4v) is 5.20. The maximum absolute atomic E-state index is 12.6. The summed E-state index contributed by atoms with van der Waals surface area (Å²) in [6.07, 6.45) is 0. The van der Waals surface area contributed by atoms with Gasteiger partial charge < -0.3 is 4.98 Å². The van der Waals surface area contributed by atoms with Crippen molar-refractivity contribution in [2.45, 2.75) is 10.9 Å². The smallest absolute Gasteiger partial charge is 0.260 e. The van der Waals surface area contributed by atoms with Crippen LogP contribution in [-0.2, 0) is 5.75 Å². The first-order valence-electron chi connectivity index (χ1n) is 7.42. The van der Waals surface area contributed by atoms with Gasteiger partial charge in [0.1, 0.15) is 4.83 Å². The Hall–Kier alpha value is -2.40. The van der Waals surface area contributed by atoms with Gasteiger partial charge in [-0.3, -0.25) is 4.79 Å². The average molecular weight is 382 g/mol. The number of H-pyrrole nitrogens is 1. The van der Waals surface area contributed by atoms with Crippen molar-refractivity contribution in [2.24, 2.45) is 0 Å². The minimum absolute atomic E-state index is 0.120. The van der Waals surface area contributed by atoms with Crippen molar-refractivity contribution in [2.75, 3.05) is 0 Å². The zero-order chi connectivity index (χ0) is 17.2. The highest BCUT2D eigenvalue weighted by atomic mass is 32.2. The molecule has 25 heavy (non-hydrogen) atoms. The maximum atomic E-state index is 12.6. The largest absolute Gasteiger partial charge is 0.301 e. The monoisotopic (exact) mass is 381 g/mol. The number of aromatic amines is 1. The Morgan fingerprint density at radius 2 is 2.08 bits per heavy atom. The van der Waals surface area contributed by atoms with Crippen LogP contribution in [0.15, 0.2) is 57.1 Å². The molecular formula is C18H11N3OS3. The standard InChI is InChI=1S/C18H11N3OS3/c19-8-11-4-1-2-5-12(11)9-25-18-20-16(22)15-13(10-24-17(15)21-18)14-6-3-7-23-14/h1-7,10H,9H2,(H,20,21,22). The van der Waals surface area contributed by atoms with E-state index in [9.17, 15) is 4.79 Å². The highest BCUT2D eigenvalue weighted by Crippen LogP contribution is 2.34. The first kappa shape index (κ1) is 16.1. The number of nitriles is 1. The second-order valence-electron chi connectivity index (χ2n) is 5.24. The summed E-state index contributed by atoms with van der Waals surface area (Å²) in [6.45, 7) is 0. The lowest BCUT2D eigenvalue weighted by Gasteiger charge is -2.03. The van der Waals surface area contributed by atoms with Gasteiger partial charge in [-0.1, -0.05) is 36.0 Å². The van der Waals surface area contributed by atoms with E-state index in [0.717, 1.165) is 20.8 Å². The molecular weight excluding hydrogens is 370 g/mol. The zero-order valence-electron chi connectivity index (χ0n) is 12.9. The molecule has 0 saturated carbocycles. The van der Waals surface area contributed by atoms with E-state index in [2.05, 4.69) is 16.0 Å². The predicted molar refractivity (Wildman–Crippen MR) is 104 cm³/mol. The lowest BCUT2D eigenvalue weighted by atomic mass is 10.1. The molecule has 7 heteroatoms. The summed E-state index contributed by atoms with van der Waals surface area (Å²) in [5.74, 6) is 0.585. The van der Waals surface area contributed by atoms with Gasteiger partial charge >= 0.3 is 0 Å². The van der Waals surface area contributed by atoms with Crippen molar-refractivity contribution in [1.29, 1.82) is 5.26 Å². The van der Waals surface area contributed by atoms with Crippen molar-refractivity contribution < 1.29 is 0 Å². The van der Waals surface area contributed by atoms with Gasteiger partial charge in [0.05, 0.1) is 17.0 Å². The lowest BCUT2D eigenvalue weighted by molar-refractivity contribution is 0.980. The Kier molecular flexibility index (Phi) is 4.40. The molecule has 0 amide bonds. The molecule has 0 aliphatic carbocycles. The second-order valence-corrected chi connectivity index (χ2v) is 8.01. The number of hydrogen-bond acceptors (Lipinski definition) is 6. The molecule has 3 heterocycles. The molecule has 4 rings (SSSR count). The van der Waals surface area contributed by atoms with Crippen LogP contribution in [0.3, 0.4) is 0 Å². The van der Waals surface area contributed by atoms with E-state index < -0.39 is 0 Å². The minimum Gasteiger partial charge on any atom is -0.301 e. The topological polar surface area (TPSA) is 69.5 Å². The van der Waals surface area contributed by atoms with E-state index >= 15 is 0 Å². The molecule has 3 aromatic heterocycles. The number of nitrogens with zero attached hydrogens (tertiary/aromatic N) is 2. The molecule has 0 saturated heterocycles. The summed E-state index contributed by atoms with van der Waals surface area (Å²) < 4.78 is 0. The number of benzene rings is 1. The Bertz CT molecular complexity index is 1140. The fourth-order valence-electron chi connectivity index (χ4n) is 2.51. The van der Waals surface area contributed by atoms with Gasteiger partial charge in [-0.15, -0.1) is 22.7 Å². The first-order chi connectivity index (χ1) is 12.3. The number of hydrogen-bond donors (Lipinski definition) is 1. The highest BCUT2D eigenvalue weighted by Gasteiger charge is 2.14. The number of thiophene rings is 2. The molecule has 1 N–H and O–H groups in total. The first-order valence-corrected chi connectivity index (χ1v) is 10.2. The van der Waals surface area contributed by atoms with Crippen LogP contribution in [0, 0.1) is 11.3 Å². The molecule has 0 bridgehead atoms. The maximum Gasteiger partial charge on any atom is 0.260 e. The Balaban J connectivity index is 1.66. The van der Waals surface area contributed by atoms with Crippen LogP contribution in [0.25, 0.3) is 20.7 Å². The molecule has 0 atom stereocenters. The molecule has 122 valence electrons. The third-order valence-electron chi connectivity index (χ3n) is 3.71. The van der Waals surface area contributed by atoms with Crippen LogP contribution < -0.4 is 5.56 Å². The van der Waals surface area contributed by atoms with Gasteiger partial charge in [0.15, 0.2) is 5.16 Å². The molecule has 0 aliphatic heterocycles. The van der Waals surface area contributed by atoms with Crippen molar-refractivity contribution in [3.05, 3.63) is 68.6 Å². The Morgan fingerprint density at radius 3 is 2.88 bits per heavy atom. The number of thioether (sulfide) groups is 1. The van der Waals surface area contributed by atoms with Crippen molar-refractivity contribution in [3.8, 4) is 16.5 Å². The molecule has 0 spiro atoms. The third kappa shape index (κ3) is 3.12. The molecule has 0 unspecified atom stereocenters. The molecule has 4 nitrogen and oxygen atoms in total. The molecule has 0 fully saturated rings. The van der Waals surface area contributed by atoms with Crippen LogP contribution >= 0.6 is 34.4 Å². The molecule has 0 aliphatic rings. The van der Waals surface area contributed by atoms with Crippen LogP contribution in [0.4, 0.5) is 0 Å². The summed E-state index contributed by atoms with van der Waals surface area (Å²) in [5.41, 5.74) is 2.40. The zero-order valence-corrected chi connectivity index (χ0v) is 15.3. The van der Waals surface area contributed by atoms with Crippen molar-refractivity contribution in [1.82, 2.24) is 9.97 Å². The predicted octanol–water partition coefficient (Wildman–Crippen LogP) is 4.88. The van der Waals surface area contributed by atoms with Crippen LogP contribution in [-0.4, -0.2) is 9.97 Å². The number of nitrogens with one attached hydrogen (secondary N) is 1. The van der Waals surface area contributed by atoms with E-state index in [1.54, 1.807) is 17.4 Å². The van der Waals surface area contributed by atoms with E-state index in [1.165, 1.54) is 23.1 Å². The van der Waals surface area contributed by atoms with Crippen LogP contribution in [0.1, 0.15) is 11.1 Å². The SMILES string of the molecule is N#Cc1ccccc1CSc1nc2scc(-c3cccs3)c2c(=O)[nH]1. The van der Waals surface area contributed by atoms with Crippen molar-refractivity contribution in [3.63, 3.8) is 0 Å². The molecule has 0 radical (unpaired) electrons. The van der Waals surface area contributed by atoms with Gasteiger partial charge in [0.25, 0.3) is 5.56 Å². The Labute approximate surface area is 155 Å². The van der Waals surface area contributed by atoms with Gasteiger partial charge in [0, 0.05) is 21.6 Å². The minimum atomic E-state index is -0.120. The summed E-state index contributed by atoms with van der Waals surface area (Å²) in [7, 11) is 0. The fraction of sp³-hybridized carbons (Fsp3) is 0.0556. The van der Waals surface area contributed by atoms with Crippen LogP contribution in [0.2, 0.25) is 0 Å². The summed E-state index contributed by atoms with van der Waals surface area (Å²) in [5, 5.41) is 14.4. The molecule has 4 aromatic rings. The van der Waals surface area contributed by atoms with Gasteiger partial charge in [0.2, 0.25) is 0 Å². The number of aromatic nitrogens is 2. The lowest BCUT2D eigenvalue weighted by Crippen LogP contribution is -2.08. The van der Waals surface area contributed by atoms with Gasteiger partial charge in [-0.05, 0) is 23.1 Å². The summed E-state index contributed by atoms with van der Waals surface area (Å²) >= 11 is 4.52. The Morgan fingerprint density at radius 1 is 1.20 bits per heavy atom.